The lowest BCUT2D eigenvalue weighted by atomic mass is 9.59. The van der Waals surface area contributed by atoms with Gasteiger partial charge in [-0.3, -0.25) is 4.79 Å². The Morgan fingerprint density at radius 3 is 2.42 bits per heavy atom. The van der Waals surface area contributed by atoms with E-state index < -0.39 is 37.7 Å². The molecule has 2 bridgehead atoms. The van der Waals surface area contributed by atoms with Crippen LogP contribution in [0.1, 0.15) is 61.3 Å². The molecular formula is C26H40O6Si. The van der Waals surface area contributed by atoms with Crippen molar-refractivity contribution in [1.29, 1.82) is 0 Å². The lowest BCUT2D eigenvalue weighted by Crippen LogP contribution is -2.63. The molecule has 33 heavy (non-hydrogen) atoms. The molecule has 0 radical (unpaired) electrons. The predicted molar refractivity (Wildman–Crippen MR) is 126 cm³/mol. The van der Waals surface area contributed by atoms with Crippen molar-refractivity contribution in [3.05, 3.63) is 11.6 Å². The van der Waals surface area contributed by atoms with Gasteiger partial charge in [0.1, 0.15) is 6.10 Å². The number of carbonyl (C=O) groups is 2. The van der Waals surface area contributed by atoms with Crippen molar-refractivity contribution in [2.24, 2.45) is 34.5 Å². The van der Waals surface area contributed by atoms with Crippen LogP contribution in [0.5, 0.6) is 0 Å². The van der Waals surface area contributed by atoms with Crippen LogP contribution in [0, 0.1) is 34.5 Å². The molecule has 2 spiro atoms. The fourth-order valence-electron chi connectivity index (χ4n) is 7.78. The number of hydrogen-bond acceptors (Lipinski definition) is 6. The number of carbonyl (C=O) groups excluding carboxylic acids is 2. The first kappa shape index (κ1) is 23.6. The first-order chi connectivity index (χ1) is 15.0. The third-order valence-electron chi connectivity index (χ3n) is 10.6. The Morgan fingerprint density at radius 2 is 1.82 bits per heavy atom. The molecule has 1 N–H and O–H groups in total. The lowest BCUT2D eigenvalue weighted by Gasteiger charge is -2.46. The fraction of sp³-hybridized carbons (Fsp3) is 0.846. The molecule has 184 valence electrons. The van der Waals surface area contributed by atoms with Gasteiger partial charge in [0.15, 0.2) is 25.8 Å². The molecule has 4 aliphatic carbocycles. The molecule has 0 amide bonds. The summed E-state index contributed by atoms with van der Waals surface area (Å²) in [5.41, 5.74) is -1.75. The number of ketones is 1. The van der Waals surface area contributed by atoms with E-state index in [2.05, 4.69) is 54.6 Å². The van der Waals surface area contributed by atoms with Crippen molar-refractivity contribution in [2.75, 3.05) is 0 Å². The molecular weight excluding hydrogens is 436 g/mol. The summed E-state index contributed by atoms with van der Waals surface area (Å²) in [5.74, 6) is 0.320. The normalized spacial score (nSPS) is 47.9. The maximum Gasteiger partial charge on any atom is 0.509 e. The zero-order valence-corrected chi connectivity index (χ0v) is 22.5. The van der Waals surface area contributed by atoms with Crippen LogP contribution in [-0.2, 0) is 18.7 Å². The highest BCUT2D eigenvalue weighted by molar-refractivity contribution is 6.74. The van der Waals surface area contributed by atoms with E-state index in [0.29, 0.717) is 17.9 Å². The first-order valence-corrected chi connectivity index (χ1v) is 15.4. The van der Waals surface area contributed by atoms with Gasteiger partial charge in [0.25, 0.3) is 0 Å². The van der Waals surface area contributed by atoms with Gasteiger partial charge in [-0.25, -0.2) is 4.79 Å². The summed E-state index contributed by atoms with van der Waals surface area (Å²) in [6.45, 7) is 19.5. The number of aliphatic hydroxyl groups is 1. The van der Waals surface area contributed by atoms with Crippen molar-refractivity contribution >= 4 is 20.3 Å². The van der Waals surface area contributed by atoms with Gasteiger partial charge in [0, 0.05) is 12.3 Å². The highest BCUT2D eigenvalue weighted by Crippen LogP contribution is 2.73. The van der Waals surface area contributed by atoms with Gasteiger partial charge in [0.2, 0.25) is 0 Å². The Balaban J connectivity index is 1.72. The number of fused-ring (bicyclic) bond motifs is 3. The summed E-state index contributed by atoms with van der Waals surface area (Å²) in [4.78, 5) is 27.4. The molecule has 0 aromatic carbocycles. The van der Waals surface area contributed by atoms with Crippen LogP contribution in [0.3, 0.4) is 0 Å². The van der Waals surface area contributed by atoms with Gasteiger partial charge in [-0.2, -0.15) is 0 Å². The minimum Gasteiger partial charge on any atom is -0.426 e. The Bertz CT molecular complexity index is 947. The summed E-state index contributed by atoms with van der Waals surface area (Å²) < 4.78 is 18.7. The molecule has 6 nitrogen and oxygen atoms in total. The smallest absolute Gasteiger partial charge is 0.426 e. The zero-order valence-electron chi connectivity index (χ0n) is 21.5. The largest absolute Gasteiger partial charge is 0.509 e. The monoisotopic (exact) mass is 476 g/mol. The van der Waals surface area contributed by atoms with Gasteiger partial charge < -0.3 is 19.0 Å². The van der Waals surface area contributed by atoms with Crippen LogP contribution >= 0.6 is 0 Å². The second kappa shape index (κ2) is 6.52. The summed E-state index contributed by atoms with van der Waals surface area (Å²) in [7, 11) is -2.23. The Hall–Kier alpha value is -1.18. The molecule has 5 aliphatic rings. The van der Waals surface area contributed by atoms with Crippen LogP contribution < -0.4 is 0 Å². The molecule has 7 heteroatoms. The Kier molecular flexibility index (Phi) is 4.65. The standard InChI is InChI=1S/C26H40O6Si/c1-13-12-25-14(2)10-15-19(24(15,6)7)18(21(25)28)16(32-33(8,9)23(3,4)5)11-17-26(25,20(13)27)31-22(29)30-17/h12,14-20,27H,10-11H2,1-9H3/t14-,15-,16-,17-,18+,19-,20+,25+,26?/m1/s1. The van der Waals surface area contributed by atoms with E-state index in [1.54, 1.807) is 0 Å². The third kappa shape index (κ3) is 2.67. The molecule has 1 heterocycles. The topological polar surface area (TPSA) is 82.1 Å². The maximum absolute atomic E-state index is 14.8. The Labute approximate surface area is 198 Å². The van der Waals surface area contributed by atoms with Crippen molar-refractivity contribution in [3.8, 4) is 0 Å². The molecule has 1 aliphatic heterocycles. The minimum absolute atomic E-state index is 0.0249. The van der Waals surface area contributed by atoms with E-state index in [0.717, 1.165) is 6.42 Å². The fourth-order valence-corrected chi connectivity index (χ4v) is 9.13. The number of rotatable bonds is 2. The average Bonchev–Trinajstić information content (AvgIpc) is 2.97. The molecule has 0 aromatic rings. The number of Topliss-reactive ketones (excluding diaryl/α,β-unsaturated/α-hetero) is 1. The SMILES string of the molecule is CC1=C[C@@]23C(=O)[C@H]([C@H]4[C@@H](C[C@H]2C)C4(C)C)[C@H](O[Si](C)(C)C(C)(C)C)C[C@H]2OC(=O)OC23[C@H]1O. The second-order valence-electron chi connectivity index (χ2n) is 13.5. The van der Waals surface area contributed by atoms with Crippen LogP contribution in [0.2, 0.25) is 18.1 Å². The molecule has 4 fully saturated rings. The van der Waals surface area contributed by atoms with Crippen molar-refractivity contribution < 1.29 is 28.6 Å². The van der Waals surface area contributed by atoms with E-state index in [-0.39, 0.29) is 40.1 Å². The van der Waals surface area contributed by atoms with E-state index in [9.17, 15) is 14.7 Å². The quantitative estimate of drug-likeness (QED) is 0.348. The third-order valence-corrected chi connectivity index (χ3v) is 15.1. The van der Waals surface area contributed by atoms with Gasteiger partial charge in [-0.15, -0.1) is 0 Å². The lowest BCUT2D eigenvalue weighted by molar-refractivity contribution is -0.161. The summed E-state index contributed by atoms with van der Waals surface area (Å²) >= 11 is 0. The Morgan fingerprint density at radius 1 is 1.18 bits per heavy atom. The maximum atomic E-state index is 14.8. The summed E-state index contributed by atoms with van der Waals surface area (Å²) in [6.07, 6.45) is 0.224. The number of aliphatic hydroxyl groups excluding tert-OH is 1. The molecule has 1 unspecified atom stereocenters. The van der Waals surface area contributed by atoms with Gasteiger partial charge in [0.05, 0.1) is 11.5 Å². The van der Waals surface area contributed by atoms with Crippen LogP contribution in [0.25, 0.3) is 0 Å². The minimum atomic E-state index is -2.23. The number of ether oxygens (including phenoxy) is 2. The van der Waals surface area contributed by atoms with Gasteiger partial charge >= 0.3 is 6.16 Å². The number of hydrogen-bond donors (Lipinski definition) is 1. The van der Waals surface area contributed by atoms with Crippen molar-refractivity contribution in [3.63, 3.8) is 0 Å². The van der Waals surface area contributed by atoms with Crippen molar-refractivity contribution in [2.45, 2.75) is 103 Å². The second-order valence-corrected chi connectivity index (χ2v) is 18.3. The van der Waals surface area contributed by atoms with Gasteiger partial charge in [-0.1, -0.05) is 47.6 Å². The highest BCUT2D eigenvalue weighted by atomic mass is 28.4. The van der Waals surface area contributed by atoms with Crippen molar-refractivity contribution in [1.82, 2.24) is 0 Å². The van der Waals surface area contributed by atoms with Crippen LogP contribution in [0.4, 0.5) is 4.79 Å². The summed E-state index contributed by atoms with van der Waals surface area (Å²) in [5, 5.41) is 11.4. The average molecular weight is 477 g/mol. The predicted octanol–water partition coefficient (Wildman–Crippen LogP) is 4.86. The molecule has 0 aromatic heterocycles. The van der Waals surface area contributed by atoms with E-state index in [1.807, 2.05) is 13.0 Å². The van der Waals surface area contributed by atoms with E-state index in [1.165, 1.54) is 0 Å². The molecule has 9 atom stereocenters. The van der Waals surface area contributed by atoms with Crippen LogP contribution in [-0.4, -0.2) is 49.3 Å². The van der Waals surface area contributed by atoms with Gasteiger partial charge in [-0.05, 0) is 60.2 Å². The molecule has 1 saturated heterocycles. The van der Waals surface area contributed by atoms with Crippen LogP contribution in [0.15, 0.2) is 11.6 Å². The highest BCUT2D eigenvalue weighted by Gasteiger charge is 2.81. The molecule has 3 saturated carbocycles. The molecule has 5 rings (SSSR count). The van der Waals surface area contributed by atoms with E-state index >= 15 is 0 Å². The first-order valence-electron chi connectivity index (χ1n) is 12.5. The zero-order chi connectivity index (χ0) is 24.5. The van der Waals surface area contributed by atoms with E-state index in [4.69, 9.17) is 13.9 Å². The summed E-state index contributed by atoms with van der Waals surface area (Å²) in [6, 6.07) is 0.